The third-order valence-electron chi connectivity index (χ3n) is 3.10. The fourth-order valence-corrected chi connectivity index (χ4v) is 3.00. The van der Waals surface area contributed by atoms with Gasteiger partial charge in [-0.2, -0.15) is 0 Å². The molecule has 0 aromatic heterocycles. The molecule has 19 heavy (non-hydrogen) atoms. The molecule has 0 fully saturated rings. The summed E-state index contributed by atoms with van der Waals surface area (Å²) in [6, 6.07) is 10.7. The molecule has 2 aromatic carbocycles. The molecule has 2 rings (SSSR count). The minimum atomic E-state index is -0.211. The van der Waals surface area contributed by atoms with Crippen LogP contribution < -0.4 is 5.32 Å². The zero-order chi connectivity index (χ0) is 14.0. The lowest BCUT2D eigenvalue weighted by atomic mass is 9.95. The summed E-state index contributed by atoms with van der Waals surface area (Å²) in [5, 5.41) is 3.98. The van der Waals surface area contributed by atoms with Gasteiger partial charge in [-0.3, -0.25) is 0 Å². The number of benzene rings is 2. The maximum absolute atomic E-state index is 13.2. The van der Waals surface area contributed by atoms with Gasteiger partial charge in [0.2, 0.25) is 0 Å². The molecule has 1 N–H and O–H groups in total. The highest BCUT2D eigenvalue weighted by atomic mass is 127. The molecule has 0 heterocycles. The standard InChI is InChI=1S/C15H14ClFIN/c1-9-7-11(17)4-5-12(9)15(19-2)13-8-10(16)3-6-14(13)18/h3-8,15,19H,1-2H3. The van der Waals surface area contributed by atoms with Crippen LogP contribution in [-0.4, -0.2) is 7.05 Å². The average molecular weight is 390 g/mol. The van der Waals surface area contributed by atoms with Crippen LogP contribution >= 0.6 is 34.2 Å². The van der Waals surface area contributed by atoms with Crippen LogP contribution in [-0.2, 0) is 0 Å². The molecule has 2 aromatic rings. The first-order valence-corrected chi connectivity index (χ1v) is 7.37. The van der Waals surface area contributed by atoms with Crippen molar-refractivity contribution in [3.63, 3.8) is 0 Å². The van der Waals surface area contributed by atoms with Crippen molar-refractivity contribution >= 4 is 34.2 Å². The lowest BCUT2D eigenvalue weighted by Gasteiger charge is -2.21. The van der Waals surface area contributed by atoms with Crippen LogP contribution in [0.2, 0.25) is 5.02 Å². The van der Waals surface area contributed by atoms with Crippen LogP contribution in [0.25, 0.3) is 0 Å². The topological polar surface area (TPSA) is 12.0 Å². The zero-order valence-electron chi connectivity index (χ0n) is 10.7. The molecular formula is C15H14ClFIN. The molecule has 0 aliphatic carbocycles. The molecule has 1 unspecified atom stereocenters. The van der Waals surface area contributed by atoms with Gasteiger partial charge in [-0.1, -0.05) is 17.7 Å². The highest BCUT2D eigenvalue weighted by Crippen LogP contribution is 2.30. The average Bonchev–Trinajstić information content (AvgIpc) is 2.36. The molecule has 0 saturated carbocycles. The van der Waals surface area contributed by atoms with Crippen LogP contribution in [0.4, 0.5) is 4.39 Å². The Morgan fingerprint density at radius 3 is 2.53 bits per heavy atom. The molecule has 0 amide bonds. The molecule has 1 atom stereocenters. The van der Waals surface area contributed by atoms with E-state index in [2.05, 4.69) is 27.9 Å². The quantitative estimate of drug-likeness (QED) is 0.750. The summed E-state index contributed by atoms with van der Waals surface area (Å²) in [5.74, 6) is -0.211. The van der Waals surface area contributed by atoms with E-state index in [0.29, 0.717) is 5.02 Å². The van der Waals surface area contributed by atoms with E-state index in [-0.39, 0.29) is 11.9 Å². The summed E-state index contributed by atoms with van der Waals surface area (Å²) in [6.45, 7) is 1.92. The van der Waals surface area contributed by atoms with Gasteiger partial charge in [0.1, 0.15) is 5.82 Å². The number of halogens is 3. The fraction of sp³-hybridized carbons (Fsp3) is 0.200. The van der Waals surface area contributed by atoms with Crippen LogP contribution in [0, 0.1) is 16.3 Å². The Balaban J connectivity index is 2.52. The van der Waals surface area contributed by atoms with Crippen molar-refractivity contribution in [1.82, 2.24) is 5.32 Å². The Kier molecular flexibility index (Phi) is 4.81. The van der Waals surface area contributed by atoms with Gasteiger partial charge < -0.3 is 5.32 Å². The molecule has 0 saturated heterocycles. The molecule has 0 bridgehead atoms. The van der Waals surface area contributed by atoms with Gasteiger partial charge in [0.25, 0.3) is 0 Å². The molecule has 0 aliphatic rings. The Morgan fingerprint density at radius 1 is 1.16 bits per heavy atom. The predicted octanol–water partition coefficient (Wildman–Crippen LogP) is 4.70. The predicted molar refractivity (Wildman–Crippen MR) is 86.2 cm³/mol. The van der Waals surface area contributed by atoms with E-state index in [0.717, 1.165) is 20.3 Å². The smallest absolute Gasteiger partial charge is 0.123 e. The maximum atomic E-state index is 13.2. The van der Waals surface area contributed by atoms with Crippen LogP contribution in [0.3, 0.4) is 0 Å². The van der Waals surface area contributed by atoms with Gasteiger partial charge in [0.05, 0.1) is 6.04 Å². The number of hydrogen-bond acceptors (Lipinski definition) is 1. The van der Waals surface area contributed by atoms with Crippen molar-refractivity contribution in [3.8, 4) is 0 Å². The second-order valence-corrected chi connectivity index (χ2v) is 5.99. The van der Waals surface area contributed by atoms with E-state index >= 15 is 0 Å². The lowest BCUT2D eigenvalue weighted by molar-refractivity contribution is 0.621. The van der Waals surface area contributed by atoms with Gasteiger partial charge in [-0.15, -0.1) is 0 Å². The summed E-state index contributed by atoms with van der Waals surface area (Å²) < 4.78 is 14.3. The summed E-state index contributed by atoms with van der Waals surface area (Å²) >= 11 is 8.37. The molecule has 100 valence electrons. The van der Waals surface area contributed by atoms with Crippen molar-refractivity contribution in [2.24, 2.45) is 0 Å². The molecule has 0 spiro atoms. The van der Waals surface area contributed by atoms with Crippen LogP contribution in [0.5, 0.6) is 0 Å². The number of nitrogens with one attached hydrogen (secondary N) is 1. The minimum absolute atomic E-state index is 0.00574. The molecule has 0 radical (unpaired) electrons. The van der Waals surface area contributed by atoms with Gasteiger partial charge in [-0.05, 0) is 83.6 Å². The SMILES string of the molecule is CNC(c1ccc(F)cc1C)c1cc(Cl)ccc1I. The normalized spacial score (nSPS) is 12.5. The van der Waals surface area contributed by atoms with E-state index in [9.17, 15) is 4.39 Å². The second kappa shape index (κ2) is 6.20. The van der Waals surface area contributed by atoms with Gasteiger partial charge in [0, 0.05) is 8.59 Å². The van der Waals surface area contributed by atoms with Gasteiger partial charge >= 0.3 is 0 Å². The van der Waals surface area contributed by atoms with E-state index in [4.69, 9.17) is 11.6 Å². The summed E-state index contributed by atoms with van der Waals surface area (Å²) in [4.78, 5) is 0. The van der Waals surface area contributed by atoms with Crippen molar-refractivity contribution < 1.29 is 4.39 Å². The zero-order valence-corrected chi connectivity index (χ0v) is 13.6. The third-order valence-corrected chi connectivity index (χ3v) is 4.32. The number of hydrogen-bond donors (Lipinski definition) is 1. The highest BCUT2D eigenvalue weighted by Gasteiger charge is 2.17. The number of aryl methyl sites for hydroxylation is 1. The van der Waals surface area contributed by atoms with Crippen molar-refractivity contribution in [2.75, 3.05) is 7.05 Å². The summed E-state index contributed by atoms with van der Waals surface area (Å²) in [6.07, 6.45) is 0. The van der Waals surface area contributed by atoms with Crippen molar-refractivity contribution in [2.45, 2.75) is 13.0 Å². The van der Waals surface area contributed by atoms with E-state index in [1.165, 1.54) is 6.07 Å². The third kappa shape index (κ3) is 3.27. The van der Waals surface area contributed by atoms with Gasteiger partial charge in [-0.25, -0.2) is 4.39 Å². The molecular weight excluding hydrogens is 376 g/mol. The highest BCUT2D eigenvalue weighted by molar-refractivity contribution is 14.1. The van der Waals surface area contributed by atoms with E-state index < -0.39 is 0 Å². The molecule has 0 aliphatic heterocycles. The Morgan fingerprint density at radius 2 is 1.89 bits per heavy atom. The van der Waals surface area contributed by atoms with Crippen LogP contribution in [0.1, 0.15) is 22.7 Å². The largest absolute Gasteiger partial charge is 0.309 e. The van der Waals surface area contributed by atoms with E-state index in [1.54, 1.807) is 6.07 Å². The first kappa shape index (κ1) is 14.8. The monoisotopic (exact) mass is 389 g/mol. The van der Waals surface area contributed by atoms with E-state index in [1.807, 2.05) is 38.2 Å². The first-order valence-electron chi connectivity index (χ1n) is 5.91. The maximum Gasteiger partial charge on any atom is 0.123 e. The van der Waals surface area contributed by atoms with Crippen molar-refractivity contribution in [3.05, 3.63) is 67.5 Å². The van der Waals surface area contributed by atoms with Gasteiger partial charge in [0.15, 0.2) is 0 Å². The Bertz CT molecular complexity index is 601. The fourth-order valence-electron chi connectivity index (χ4n) is 2.18. The van der Waals surface area contributed by atoms with Crippen molar-refractivity contribution in [1.29, 1.82) is 0 Å². The molecule has 4 heteroatoms. The number of rotatable bonds is 3. The first-order chi connectivity index (χ1) is 9.02. The lowest BCUT2D eigenvalue weighted by Crippen LogP contribution is -2.19. The molecule has 1 nitrogen and oxygen atoms in total. The Hall–Kier alpha value is -0.650. The Labute approximate surface area is 131 Å². The second-order valence-electron chi connectivity index (χ2n) is 4.39. The summed E-state index contributed by atoms with van der Waals surface area (Å²) in [7, 11) is 1.89. The summed E-state index contributed by atoms with van der Waals surface area (Å²) in [5.41, 5.74) is 3.09. The minimum Gasteiger partial charge on any atom is -0.309 e. The van der Waals surface area contributed by atoms with Crippen LogP contribution in [0.15, 0.2) is 36.4 Å².